The van der Waals surface area contributed by atoms with Gasteiger partial charge in [0, 0.05) is 5.69 Å². The van der Waals surface area contributed by atoms with Crippen LogP contribution in [0.2, 0.25) is 5.02 Å². The van der Waals surface area contributed by atoms with E-state index in [0.29, 0.717) is 11.4 Å². The molecular weight excluding hydrogens is 288 g/mol. The number of furan rings is 1. The second-order valence-electron chi connectivity index (χ2n) is 4.03. The number of aryl methyl sites for hydroxylation is 1. The lowest BCUT2D eigenvalue weighted by molar-refractivity contribution is 0.475. The number of nitrogens with two attached hydrogens (primary N) is 1. The Kier molecular flexibility index (Phi) is 3.84. The number of sulfonamides is 1. The molecule has 0 aliphatic rings. The zero-order valence-corrected chi connectivity index (χ0v) is 11.8. The van der Waals surface area contributed by atoms with Gasteiger partial charge >= 0.3 is 0 Å². The fourth-order valence-electron chi connectivity index (χ4n) is 1.56. The molecule has 0 saturated heterocycles. The molecule has 19 heavy (non-hydrogen) atoms. The number of rotatable bonds is 4. The second kappa shape index (κ2) is 5.24. The smallest absolute Gasteiger partial charge is 0.242 e. The van der Waals surface area contributed by atoms with Crippen molar-refractivity contribution in [3.05, 3.63) is 46.9 Å². The highest BCUT2D eigenvalue weighted by Crippen LogP contribution is 2.23. The minimum atomic E-state index is -3.69. The van der Waals surface area contributed by atoms with E-state index >= 15 is 0 Å². The van der Waals surface area contributed by atoms with Crippen molar-refractivity contribution >= 4 is 27.3 Å². The molecule has 3 N–H and O–H groups in total. The molecule has 0 saturated carbocycles. The van der Waals surface area contributed by atoms with Crippen LogP contribution in [0, 0.1) is 6.92 Å². The van der Waals surface area contributed by atoms with Crippen molar-refractivity contribution in [1.82, 2.24) is 4.72 Å². The lowest BCUT2D eigenvalue weighted by atomic mass is 10.3. The fraction of sp³-hybridized carbons (Fsp3) is 0.167. The number of hydrogen-bond donors (Lipinski definition) is 2. The SMILES string of the molecule is Cc1ccc(CNS(=O)(=O)c2ccc(N)cc2Cl)o1. The van der Waals surface area contributed by atoms with E-state index in [9.17, 15) is 8.42 Å². The third-order valence-corrected chi connectivity index (χ3v) is 4.36. The largest absolute Gasteiger partial charge is 0.465 e. The number of anilines is 1. The minimum absolute atomic E-state index is 0.00774. The highest BCUT2D eigenvalue weighted by molar-refractivity contribution is 7.89. The maximum atomic E-state index is 12.1. The average Bonchev–Trinajstić information content (AvgIpc) is 2.72. The molecule has 0 aliphatic carbocycles. The van der Waals surface area contributed by atoms with Crippen molar-refractivity contribution < 1.29 is 12.8 Å². The predicted octanol–water partition coefficient (Wildman–Crippen LogP) is 2.30. The highest BCUT2D eigenvalue weighted by Gasteiger charge is 2.18. The van der Waals surface area contributed by atoms with E-state index in [1.165, 1.54) is 18.2 Å². The summed E-state index contributed by atoms with van der Waals surface area (Å²) in [5, 5.41) is 0.0862. The molecule has 5 nitrogen and oxygen atoms in total. The summed E-state index contributed by atoms with van der Waals surface area (Å²) in [6.07, 6.45) is 0. The van der Waals surface area contributed by atoms with Gasteiger partial charge in [0.1, 0.15) is 16.4 Å². The Labute approximate surface area is 116 Å². The standard InChI is InChI=1S/C12H13ClN2O3S/c1-8-2-4-10(18-8)7-15-19(16,17)12-5-3-9(14)6-11(12)13/h2-6,15H,7,14H2,1H3. The van der Waals surface area contributed by atoms with E-state index in [1.54, 1.807) is 19.1 Å². The molecule has 0 atom stereocenters. The third-order valence-electron chi connectivity index (χ3n) is 2.48. The molecule has 1 aromatic carbocycles. The zero-order valence-electron chi connectivity index (χ0n) is 10.2. The minimum Gasteiger partial charge on any atom is -0.465 e. The maximum absolute atomic E-state index is 12.1. The number of hydrogen-bond acceptors (Lipinski definition) is 4. The first-order valence-corrected chi connectivity index (χ1v) is 7.34. The quantitative estimate of drug-likeness (QED) is 0.848. The van der Waals surface area contributed by atoms with Crippen LogP contribution in [-0.2, 0) is 16.6 Å². The molecule has 2 rings (SSSR count). The van der Waals surface area contributed by atoms with Crippen molar-refractivity contribution in [1.29, 1.82) is 0 Å². The molecule has 102 valence electrons. The average molecular weight is 301 g/mol. The van der Waals surface area contributed by atoms with E-state index in [0.717, 1.165) is 5.76 Å². The number of nitrogens with one attached hydrogen (secondary N) is 1. The molecule has 0 unspecified atom stereocenters. The summed E-state index contributed by atoms with van der Waals surface area (Å²) in [5.41, 5.74) is 5.93. The Morgan fingerprint density at radius 1 is 1.32 bits per heavy atom. The van der Waals surface area contributed by atoms with Crippen molar-refractivity contribution in [3.8, 4) is 0 Å². The Hall–Kier alpha value is -1.50. The van der Waals surface area contributed by atoms with Gasteiger partial charge in [0.2, 0.25) is 10.0 Å². The monoisotopic (exact) mass is 300 g/mol. The van der Waals surface area contributed by atoms with Gasteiger partial charge in [0.25, 0.3) is 0 Å². The normalized spacial score (nSPS) is 11.7. The van der Waals surface area contributed by atoms with Crippen molar-refractivity contribution in [2.45, 2.75) is 18.4 Å². The van der Waals surface area contributed by atoms with E-state index in [1.807, 2.05) is 0 Å². The van der Waals surface area contributed by atoms with Gasteiger partial charge in [-0.1, -0.05) is 11.6 Å². The molecule has 0 spiro atoms. The van der Waals surface area contributed by atoms with Crippen LogP contribution in [0.5, 0.6) is 0 Å². The van der Waals surface area contributed by atoms with Crippen LogP contribution in [0.4, 0.5) is 5.69 Å². The van der Waals surface area contributed by atoms with Crippen LogP contribution in [0.3, 0.4) is 0 Å². The van der Waals surface area contributed by atoms with Gasteiger partial charge in [-0.05, 0) is 37.3 Å². The topological polar surface area (TPSA) is 85.3 Å². The summed E-state index contributed by atoms with van der Waals surface area (Å²) < 4.78 is 31.8. The van der Waals surface area contributed by atoms with Crippen molar-refractivity contribution in [2.75, 3.05) is 5.73 Å². The van der Waals surface area contributed by atoms with E-state index < -0.39 is 10.0 Å². The van der Waals surface area contributed by atoms with Crippen LogP contribution in [0.15, 0.2) is 39.6 Å². The van der Waals surface area contributed by atoms with Gasteiger partial charge in [0.05, 0.1) is 11.6 Å². The molecule has 0 amide bonds. The molecule has 0 bridgehead atoms. The zero-order chi connectivity index (χ0) is 14.0. The number of halogens is 1. The van der Waals surface area contributed by atoms with Gasteiger partial charge in [-0.15, -0.1) is 0 Å². The van der Waals surface area contributed by atoms with Crippen molar-refractivity contribution in [2.24, 2.45) is 0 Å². The Morgan fingerprint density at radius 3 is 2.63 bits per heavy atom. The molecule has 0 radical (unpaired) electrons. The molecule has 7 heteroatoms. The molecule has 1 aromatic heterocycles. The predicted molar refractivity (Wildman–Crippen MR) is 73.3 cm³/mol. The van der Waals surface area contributed by atoms with Gasteiger partial charge in [0.15, 0.2) is 0 Å². The molecule has 0 fully saturated rings. The Morgan fingerprint density at radius 2 is 2.05 bits per heavy atom. The molecule has 2 aromatic rings. The number of benzene rings is 1. The summed E-state index contributed by atoms with van der Waals surface area (Å²) in [5.74, 6) is 1.26. The van der Waals surface area contributed by atoms with Crippen LogP contribution in [0.1, 0.15) is 11.5 Å². The molecule has 1 heterocycles. The highest BCUT2D eigenvalue weighted by atomic mass is 35.5. The van der Waals surface area contributed by atoms with Gasteiger partial charge in [-0.3, -0.25) is 0 Å². The first kappa shape index (κ1) is 13.9. The van der Waals surface area contributed by atoms with Crippen LogP contribution >= 0.6 is 11.6 Å². The first-order valence-electron chi connectivity index (χ1n) is 5.48. The van der Waals surface area contributed by atoms with Gasteiger partial charge in [-0.25, -0.2) is 13.1 Å². The van der Waals surface area contributed by atoms with Gasteiger partial charge in [-0.2, -0.15) is 0 Å². The lowest BCUT2D eigenvalue weighted by Crippen LogP contribution is -2.23. The summed E-state index contributed by atoms with van der Waals surface area (Å²) in [6, 6.07) is 7.72. The third kappa shape index (κ3) is 3.28. The number of nitrogen functional groups attached to an aromatic ring is 1. The molecule has 0 aliphatic heterocycles. The summed E-state index contributed by atoms with van der Waals surface area (Å²) in [4.78, 5) is -0.00774. The fourth-order valence-corrected chi connectivity index (χ4v) is 3.10. The van der Waals surface area contributed by atoms with E-state index in [2.05, 4.69) is 4.72 Å². The van der Waals surface area contributed by atoms with E-state index in [-0.39, 0.29) is 16.5 Å². The van der Waals surface area contributed by atoms with Crippen LogP contribution in [0.25, 0.3) is 0 Å². The first-order chi connectivity index (χ1) is 8.88. The van der Waals surface area contributed by atoms with Crippen LogP contribution < -0.4 is 10.5 Å². The summed E-state index contributed by atoms with van der Waals surface area (Å²) in [7, 11) is -3.69. The van der Waals surface area contributed by atoms with Crippen LogP contribution in [-0.4, -0.2) is 8.42 Å². The lowest BCUT2D eigenvalue weighted by Gasteiger charge is -2.07. The van der Waals surface area contributed by atoms with Crippen molar-refractivity contribution in [3.63, 3.8) is 0 Å². The van der Waals surface area contributed by atoms with Gasteiger partial charge < -0.3 is 10.2 Å². The maximum Gasteiger partial charge on any atom is 0.242 e. The summed E-state index contributed by atoms with van der Waals surface area (Å²) in [6.45, 7) is 1.85. The van der Waals surface area contributed by atoms with E-state index in [4.69, 9.17) is 21.8 Å². The Balaban J connectivity index is 2.18. The summed E-state index contributed by atoms with van der Waals surface area (Å²) >= 11 is 5.88. The Bertz CT molecular complexity index is 695. The second-order valence-corrected chi connectivity index (χ2v) is 6.17. The molecular formula is C12H13ClN2O3S.